The molecule has 0 aliphatic rings. The summed E-state index contributed by atoms with van der Waals surface area (Å²) in [5, 5.41) is 3.27. The van der Waals surface area contributed by atoms with Crippen molar-refractivity contribution in [2.24, 2.45) is 5.92 Å². The van der Waals surface area contributed by atoms with Crippen LogP contribution in [0.2, 0.25) is 5.02 Å². The first kappa shape index (κ1) is 13.7. The van der Waals surface area contributed by atoms with Crippen LogP contribution >= 0.6 is 39.3 Å². The van der Waals surface area contributed by atoms with Crippen molar-refractivity contribution in [3.63, 3.8) is 0 Å². The second-order valence-electron chi connectivity index (χ2n) is 4.19. The van der Waals surface area contributed by atoms with E-state index in [9.17, 15) is 4.79 Å². The molecule has 0 radical (unpaired) electrons. The van der Waals surface area contributed by atoms with Crippen molar-refractivity contribution in [1.82, 2.24) is 8.75 Å². The molecule has 1 atom stereocenters. The van der Waals surface area contributed by atoms with Gasteiger partial charge in [0.2, 0.25) is 5.91 Å². The molecule has 4 nitrogen and oxygen atoms in total. The maximum absolute atomic E-state index is 12.0. The standard InChI is InChI=1S/C11H11BrClN3OS/c1-5(2)8(12)11(17)14-9-6(13)3-4-7-10(9)16-18-15-7/h3-5,8H,1-2H3,(H,14,17). The van der Waals surface area contributed by atoms with Gasteiger partial charge >= 0.3 is 0 Å². The van der Waals surface area contributed by atoms with Crippen molar-refractivity contribution in [2.75, 3.05) is 5.32 Å². The summed E-state index contributed by atoms with van der Waals surface area (Å²) in [5.41, 5.74) is 1.89. The van der Waals surface area contributed by atoms with Crippen LogP contribution in [0, 0.1) is 5.92 Å². The molecule has 1 unspecified atom stereocenters. The van der Waals surface area contributed by atoms with Gasteiger partial charge in [-0.05, 0) is 18.1 Å². The van der Waals surface area contributed by atoms with Gasteiger partial charge in [0.05, 0.1) is 27.3 Å². The Morgan fingerprint density at radius 1 is 1.44 bits per heavy atom. The molecule has 1 heterocycles. The number of fused-ring (bicyclic) bond motifs is 1. The number of nitrogens with zero attached hydrogens (tertiary/aromatic N) is 2. The van der Waals surface area contributed by atoms with E-state index in [1.807, 2.05) is 13.8 Å². The molecule has 1 aromatic carbocycles. The van der Waals surface area contributed by atoms with E-state index in [0.29, 0.717) is 16.2 Å². The van der Waals surface area contributed by atoms with Crippen LogP contribution < -0.4 is 5.32 Å². The molecule has 0 saturated carbocycles. The molecule has 0 aliphatic carbocycles. The number of aromatic nitrogens is 2. The lowest BCUT2D eigenvalue weighted by molar-refractivity contribution is -0.116. The highest BCUT2D eigenvalue weighted by molar-refractivity contribution is 9.10. The van der Waals surface area contributed by atoms with Crippen molar-refractivity contribution in [2.45, 2.75) is 18.7 Å². The molecular formula is C11H11BrClN3OS. The van der Waals surface area contributed by atoms with Crippen LogP contribution in [0.1, 0.15) is 13.8 Å². The summed E-state index contributed by atoms with van der Waals surface area (Å²) in [7, 11) is 0. The van der Waals surface area contributed by atoms with Gasteiger partial charge in [0.25, 0.3) is 0 Å². The highest BCUT2D eigenvalue weighted by Gasteiger charge is 2.21. The summed E-state index contributed by atoms with van der Waals surface area (Å²) in [6.07, 6.45) is 0. The molecule has 0 spiro atoms. The van der Waals surface area contributed by atoms with Crippen LogP contribution in [-0.2, 0) is 4.79 Å². The number of amides is 1. The zero-order valence-corrected chi connectivity index (χ0v) is 12.9. The van der Waals surface area contributed by atoms with E-state index in [1.54, 1.807) is 12.1 Å². The lowest BCUT2D eigenvalue weighted by Crippen LogP contribution is -2.27. The summed E-state index contributed by atoms with van der Waals surface area (Å²) in [6, 6.07) is 3.49. The van der Waals surface area contributed by atoms with E-state index < -0.39 is 0 Å². The van der Waals surface area contributed by atoms with Gasteiger partial charge in [-0.3, -0.25) is 4.79 Å². The van der Waals surface area contributed by atoms with Crippen LogP contribution in [0.25, 0.3) is 11.0 Å². The van der Waals surface area contributed by atoms with Gasteiger partial charge in [0, 0.05) is 0 Å². The predicted octanol–water partition coefficient (Wildman–Crippen LogP) is 3.70. The van der Waals surface area contributed by atoms with Gasteiger partial charge < -0.3 is 5.32 Å². The Kier molecular flexibility index (Phi) is 4.19. The Morgan fingerprint density at radius 2 is 2.17 bits per heavy atom. The molecule has 7 heteroatoms. The molecule has 96 valence electrons. The number of hydrogen-bond acceptors (Lipinski definition) is 4. The minimum Gasteiger partial charge on any atom is -0.322 e. The van der Waals surface area contributed by atoms with Gasteiger partial charge in [0.1, 0.15) is 11.0 Å². The molecule has 0 bridgehead atoms. The number of halogens is 2. The molecule has 2 rings (SSSR count). The third-order valence-electron chi connectivity index (χ3n) is 2.46. The van der Waals surface area contributed by atoms with Crippen molar-refractivity contribution in [1.29, 1.82) is 0 Å². The summed E-state index contributed by atoms with van der Waals surface area (Å²) in [4.78, 5) is 11.7. The lowest BCUT2D eigenvalue weighted by Gasteiger charge is -2.14. The number of hydrogen-bond donors (Lipinski definition) is 1. The fourth-order valence-electron chi connectivity index (χ4n) is 1.44. The normalized spacial score (nSPS) is 12.9. The van der Waals surface area contributed by atoms with Crippen LogP contribution in [0.5, 0.6) is 0 Å². The SMILES string of the molecule is CC(C)C(Br)C(=O)Nc1c(Cl)ccc2nsnc12. The van der Waals surface area contributed by atoms with Crippen LogP contribution in [0.4, 0.5) is 5.69 Å². The monoisotopic (exact) mass is 347 g/mol. The van der Waals surface area contributed by atoms with Gasteiger partial charge in [-0.1, -0.05) is 41.4 Å². The number of anilines is 1. The molecule has 0 saturated heterocycles. The zero-order chi connectivity index (χ0) is 13.3. The first-order chi connectivity index (χ1) is 8.50. The summed E-state index contributed by atoms with van der Waals surface area (Å²) in [6.45, 7) is 3.93. The number of benzene rings is 1. The topological polar surface area (TPSA) is 54.9 Å². The molecule has 1 amide bonds. The van der Waals surface area contributed by atoms with Crippen LogP contribution in [0.15, 0.2) is 12.1 Å². The molecule has 0 fully saturated rings. The molecule has 1 aromatic heterocycles. The Labute approximate surface area is 122 Å². The number of rotatable bonds is 3. The van der Waals surface area contributed by atoms with E-state index in [4.69, 9.17) is 11.6 Å². The van der Waals surface area contributed by atoms with E-state index in [0.717, 1.165) is 17.2 Å². The highest BCUT2D eigenvalue weighted by atomic mass is 79.9. The van der Waals surface area contributed by atoms with E-state index in [-0.39, 0.29) is 16.7 Å². The smallest absolute Gasteiger partial charge is 0.238 e. The first-order valence-corrected chi connectivity index (χ1v) is 7.39. The zero-order valence-electron chi connectivity index (χ0n) is 9.78. The van der Waals surface area contributed by atoms with E-state index in [1.165, 1.54) is 0 Å². The lowest BCUT2D eigenvalue weighted by atomic mass is 10.1. The maximum atomic E-state index is 12.0. The van der Waals surface area contributed by atoms with Crippen molar-refractivity contribution >= 4 is 61.9 Å². The number of alkyl halides is 1. The number of carbonyl (C=O) groups excluding carboxylic acids is 1. The average molecular weight is 349 g/mol. The van der Waals surface area contributed by atoms with Crippen LogP contribution in [-0.4, -0.2) is 19.5 Å². The van der Waals surface area contributed by atoms with Crippen molar-refractivity contribution in [3.05, 3.63) is 17.2 Å². The number of carbonyl (C=O) groups is 1. The molecular weight excluding hydrogens is 338 g/mol. The van der Waals surface area contributed by atoms with Gasteiger partial charge in [-0.25, -0.2) is 0 Å². The van der Waals surface area contributed by atoms with Gasteiger partial charge in [-0.2, -0.15) is 8.75 Å². The molecule has 18 heavy (non-hydrogen) atoms. The van der Waals surface area contributed by atoms with Crippen molar-refractivity contribution < 1.29 is 4.79 Å². The predicted molar refractivity (Wildman–Crippen MR) is 78.6 cm³/mol. The average Bonchev–Trinajstić information content (AvgIpc) is 2.79. The maximum Gasteiger partial charge on any atom is 0.238 e. The molecule has 0 aliphatic heterocycles. The third kappa shape index (κ3) is 2.65. The summed E-state index contributed by atoms with van der Waals surface area (Å²) in [5.74, 6) is 0.0592. The summed E-state index contributed by atoms with van der Waals surface area (Å²) < 4.78 is 8.27. The second kappa shape index (κ2) is 5.50. The second-order valence-corrected chi connectivity index (χ2v) is 6.11. The Bertz CT molecular complexity index is 587. The largest absolute Gasteiger partial charge is 0.322 e. The minimum atomic E-state index is -0.268. The fraction of sp³-hybridized carbons (Fsp3) is 0.364. The highest BCUT2D eigenvalue weighted by Crippen LogP contribution is 2.30. The Morgan fingerprint density at radius 3 is 2.83 bits per heavy atom. The fourth-order valence-corrected chi connectivity index (χ4v) is 2.30. The molecule has 1 N–H and O–H groups in total. The third-order valence-corrected chi connectivity index (χ3v) is 4.79. The quantitative estimate of drug-likeness (QED) is 0.860. The van der Waals surface area contributed by atoms with Gasteiger partial charge in [0.15, 0.2) is 0 Å². The summed E-state index contributed by atoms with van der Waals surface area (Å²) >= 11 is 10.5. The van der Waals surface area contributed by atoms with Gasteiger partial charge in [-0.15, -0.1) is 0 Å². The Balaban J connectivity index is 2.34. The van der Waals surface area contributed by atoms with E-state index in [2.05, 4.69) is 30.0 Å². The van der Waals surface area contributed by atoms with E-state index >= 15 is 0 Å². The van der Waals surface area contributed by atoms with Crippen LogP contribution in [0.3, 0.4) is 0 Å². The number of nitrogens with one attached hydrogen (secondary N) is 1. The Hall–Kier alpha value is -0.720. The first-order valence-electron chi connectivity index (χ1n) is 5.36. The van der Waals surface area contributed by atoms with Crippen molar-refractivity contribution in [3.8, 4) is 0 Å². The minimum absolute atomic E-state index is 0.132. The molecule has 2 aromatic rings.